The molecule has 0 N–H and O–H groups in total. The molecule has 0 aromatic carbocycles. The Morgan fingerprint density at radius 1 is 1.11 bits per heavy atom. The molecule has 2 aromatic rings. The van der Waals surface area contributed by atoms with Crippen LogP contribution in [0.15, 0.2) is 30.7 Å². The Bertz CT molecular complexity index is 565. The zero-order valence-electron chi connectivity index (χ0n) is 10.4. The van der Waals surface area contributed by atoms with Crippen molar-refractivity contribution in [1.82, 2.24) is 15.0 Å². The fourth-order valence-electron chi connectivity index (χ4n) is 1.68. The minimum absolute atomic E-state index is 0.0547. The van der Waals surface area contributed by atoms with Crippen LogP contribution in [0.4, 0.5) is 13.2 Å². The molecule has 3 nitrogen and oxygen atoms in total. The Hall–Kier alpha value is -1.98. The average Bonchev–Trinajstić information content (AvgIpc) is 2.38. The van der Waals surface area contributed by atoms with Crippen LogP contribution in [0, 0.1) is 0 Å². The number of hydrogen-bond acceptors (Lipinski definition) is 3. The number of rotatable bonds is 2. The smallest absolute Gasteiger partial charge is 0.265 e. The van der Waals surface area contributed by atoms with Crippen molar-refractivity contribution < 1.29 is 13.2 Å². The minimum Gasteiger partial charge on any atom is -0.265 e. The Morgan fingerprint density at radius 2 is 1.74 bits per heavy atom. The molecule has 0 aliphatic heterocycles. The maximum absolute atomic E-state index is 13.0. The maximum atomic E-state index is 13.0. The summed E-state index contributed by atoms with van der Waals surface area (Å²) in [4.78, 5) is 11.5. The van der Waals surface area contributed by atoms with E-state index in [-0.39, 0.29) is 17.3 Å². The van der Waals surface area contributed by atoms with E-state index >= 15 is 0 Å². The SMILES string of the molecule is CC(C)c1cnc(-c2ccncc2)nc1C(F)(F)F. The van der Waals surface area contributed by atoms with E-state index < -0.39 is 11.9 Å². The molecule has 2 heterocycles. The lowest BCUT2D eigenvalue weighted by Crippen LogP contribution is -2.14. The van der Waals surface area contributed by atoms with Crippen LogP contribution in [0.25, 0.3) is 11.4 Å². The molecule has 2 aromatic heterocycles. The summed E-state index contributed by atoms with van der Waals surface area (Å²) in [6.45, 7) is 3.36. The molecule has 0 fully saturated rings. The topological polar surface area (TPSA) is 38.7 Å². The molecular weight excluding hydrogens is 255 g/mol. The number of nitrogens with zero attached hydrogens (tertiary/aromatic N) is 3. The van der Waals surface area contributed by atoms with E-state index in [9.17, 15) is 13.2 Å². The molecule has 6 heteroatoms. The molecule has 0 saturated heterocycles. The number of halogens is 3. The van der Waals surface area contributed by atoms with Gasteiger partial charge in [0.05, 0.1) is 0 Å². The van der Waals surface area contributed by atoms with Crippen LogP contribution in [0.1, 0.15) is 31.0 Å². The second-order valence-electron chi connectivity index (χ2n) is 4.39. The van der Waals surface area contributed by atoms with Crippen molar-refractivity contribution in [3.63, 3.8) is 0 Å². The summed E-state index contributed by atoms with van der Waals surface area (Å²) >= 11 is 0. The molecule has 2 rings (SSSR count). The highest BCUT2D eigenvalue weighted by Gasteiger charge is 2.36. The van der Waals surface area contributed by atoms with Crippen molar-refractivity contribution in [2.45, 2.75) is 25.9 Å². The molecule has 0 aliphatic rings. The van der Waals surface area contributed by atoms with Gasteiger partial charge in [-0.25, -0.2) is 9.97 Å². The third-order valence-corrected chi connectivity index (χ3v) is 2.65. The van der Waals surface area contributed by atoms with Crippen LogP contribution in [0.3, 0.4) is 0 Å². The summed E-state index contributed by atoms with van der Waals surface area (Å²) in [7, 11) is 0. The molecule has 0 unspecified atom stereocenters. The van der Waals surface area contributed by atoms with E-state index in [2.05, 4.69) is 15.0 Å². The van der Waals surface area contributed by atoms with E-state index in [0.717, 1.165) is 0 Å². The first-order valence-corrected chi connectivity index (χ1v) is 5.74. The van der Waals surface area contributed by atoms with Gasteiger partial charge in [0.1, 0.15) is 0 Å². The number of aromatic nitrogens is 3. The maximum Gasteiger partial charge on any atom is 0.433 e. The summed E-state index contributed by atoms with van der Waals surface area (Å²) in [6.07, 6.45) is -0.259. The van der Waals surface area contributed by atoms with Gasteiger partial charge in [-0.2, -0.15) is 13.2 Å². The Balaban J connectivity index is 2.57. The molecule has 100 valence electrons. The fourth-order valence-corrected chi connectivity index (χ4v) is 1.68. The molecular formula is C13H12F3N3. The standard InChI is InChI=1S/C13H12F3N3/c1-8(2)10-7-18-12(9-3-5-17-6-4-9)19-11(10)13(14,15)16/h3-8H,1-2H3. The van der Waals surface area contributed by atoms with Crippen molar-refractivity contribution >= 4 is 0 Å². The highest BCUT2D eigenvalue weighted by atomic mass is 19.4. The lowest BCUT2D eigenvalue weighted by molar-refractivity contribution is -0.142. The van der Waals surface area contributed by atoms with Crippen LogP contribution in [0.5, 0.6) is 0 Å². The second-order valence-corrected chi connectivity index (χ2v) is 4.39. The molecule has 0 radical (unpaired) electrons. The van der Waals surface area contributed by atoms with Gasteiger partial charge in [-0.3, -0.25) is 4.98 Å². The fraction of sp³-hybridized carbons (Fsp3) is 0.308. The largest absolute Gasteiger partial charge is 0.433 e. The first-order chi connectivity index (χ1) is 8.89. The molecule has 0 amide bonds. The van der Waals surface area contributed by atoms with E-state index in [4.69, 9.17) is 0 Å². The van der Waals surface area contributed by atoms with Gasteiger partial charge >= 0.3 is 6.18 Å². The number of pyridine rings is 1. The van der Waals surface area contributed by atoms with Gasteiger partial charge in [0.25, 0.3) is 0 Å². The highest BCUT2D eigenvalue weighted by Crippen LogP contribution is 2.34. The van der Waals surface area contributed by atoms with Gasteiger partial charge < -0.3 is 0 Å². The summed E-state index contributed by atoms with van der Waals surface area (Å²) in [5, 5.41) is 0. The lowest BCUT2D eigenvalue weighted by Gasteiger charge is -2.14. The summed E-state index contributed by atoms with van der Waals surface area (Å²) in [5.41, 5.74) is -0.259. The molecule has 0 spiro atoms. The van der Waals surface area contributed by atoms with E-state index in [1.54, 1.807) is 26.0 Å². The number of alkyl halides is 3. The molecule has 0 saturated carbocycles. The van der Waals surface area contributed by atoms with Crippen LogP contribution in [-0.2, 0) is 6.18 Å². The monoisotopic (exact) mass is 267 g/mol. The third kappa shape index (κ3) is 2.89. The van der Waals surface area contributed by atoms with Crippen LogP contribution < -0.4 is 0 Å². The molecule has 19 heavy (non-hydrogen) atoms. The van der Waals surface area contributed by atoms with Crippen LogP contribution in [-0.4, -0.2) is 15.0 Å². The Kier molecular flexibility index (Phi) is 3.50. The average molecular weight is 267 g/mol. The van der Waals surface area contributed by atoms with E-state index in [1.165, 1.54) is 18.6 Å². The van der Waals surface area contributed by atoms with Crippen molar-refractivity contribution in [2.75, 3.05) is 0 Å². The van der Waals surface area contributed by atoms with Gasteiger partial charge in [0.15, 0.2) is 11.5 Å². The normalized spacial score (nSPS) is 11.9. The predicted molar refractivity (Wildman–Crippen MR) is 64.4 cm³/mol. The summed E-state index contributed by atoms with van der Waals surface area (Å²) in [5.74, 6) is -0.234. The lowest BCUT2D eigenvalue weighted by atomic mass is 10.0. The highest BCUT2D eigenvalue weighted by molar-refractivity contribution is 5.54. The van der Waals surface area contributed by atoms with Gasteiger partial charge in [-0.15, -0.1) is 0 Å². The van der Waals surface area contributed by atoms with Crippen molar-refractivity contribution in [3.8, 4) is 11.4 Å². The van der Waals surface area contributed by atoms with Gasteiger partial charge in [0.2, 0.25) is 0 Å². The van der Waals surface area contributed by atoms with Gasteiger partial charge in [-0.1, -0.05) is 13.8 Å². The zero-order valence-corrected chi connectivity index (χ0v) is 10.4. The predicted octanol–water partition coefficient (Wildman–Crippen LogP) is 3.68. The first kappa shape index (κ1) is 13.5. The van der Waals surface area contributed by atoms with Gasteiger partial charge in [0, 0.05) is 29.7 Å². The first-order valence-electron chi connectivity index (χ1n) is 5.74. The van der Waals surface area contributed by atoms with Crippen LogP contribution >= 0.6 is 0 Å². The molecule has 0 atom stereocenters. The van der Waals surface area contributed by atoms with Crippen molar-refractivity contribution in [1.29, 1.82) is 0 Å². The van der Waals surface area contributed by atoms with E-state index in [0.29, 0.717) is 5.56 Å². The van der Waals surface area contributed by atoms with Crippen molar-refractivity contribution in [2.24, 2.45) is 0 Å². The van der Waals surface area contributed by atoms with Gasteiger partial charge in [-0.05, 0) is 18.1 Å². The Morgan fingerprint density at radius 3 is 2.26 bits per heavy atom. The second kappa shape index (κ2) is 4.95. The minimum atomic E-state index is -4.48. The summed E-state index contributed by atoms with van der Waals surface area (Å²) in [6, 6.07) is 3.15. The summed E-state index contributed by atoms with van der Waals surface area (Å²) < 4.78 is 39.0. The van der Waals surface area contributed by atoms with Crippen LogP contribution in [0.2, 0.25) is 0 Å². The number of hydrogen-bond donors (Lipinski definition) is 0. The zero-order chi connectivity index (χ0) is 14.0. The molecule has 0 bridgehead atoms. The van der Waals surface area contributed by atoms with Crippen molar-refractivity contribution in [3.05, 3.63) is 42.0 Å². The third-order valence-electron chi connectivity index (χ3n) is 2.65. The van der Waals surface area contributed by atoms with E-state index in [1.807, 2.05) is 0 Å². The molecule has 0 aliphatic carbocycles. The Labute approximate surface area is 108 Å². The quantitative estimate of drug-likeness (QED) is 0.833.